The van der Waals surface area contributed by atoms with E-state index in [0.29, 0.717) is 12.1 Å². The number of hydrogen-bond acceptors (Lipinski definition) is 3. The number of fused-ring (bicyclic) bond motifs is 3. The van der Waals surface area contributed by atoms with Gasteiger partial charge >= 0.3 is 0 Å². The first-order valence-electron chi connectivity index (χ1n) is 7.78. The Balaban J connectivity index is 1.85. The van der Waals surface area contributed by atoms with Crippen LogP contribution in [0.1, 0.15) is 12.5 Å². The predicted molar refractivity (Wildman–Crippen MR) is 93.2 cm³/mol. The van der Waals surface area contributed by atoms with Gasteiger partial charge in [0.15, 0.2) is 0 Å². The number of furan rings is 1. The van der Waals surface area contributed by atoms with E-state index in [1.165, 1.54) is 4.90 Å². The number of para-hydroxylation sites is 1. The van der Waals surface area contributed by atoms with Crippen LogP contribution >= 0.6 is 0 Å². The Hall–Kier alpha value is -3.14. The van der Waals surface area contributed by atoms with E-state index < -0.39 is 0 Å². The molecule has 4 rings (SSSR count). The van der Waals surface area contributed by atoms with Gasteiger partial charge in [0.1, 0.15) is 11.2 Å². The van der Waals surface area contributed by atoms with Crippen LogP contribution in [0, 0.1) is 0 Å². The van der Waals surface area contributed by atoms with Gasteiger partial charge in [-0.15, -0.1) is 0 Å². The normalized spacial score (nSPS) is 17.0. The molecule has 2 aromatic carbocycles. The number of likely N-dealkylation sites (tertiary alicyclic amines) is 1. The van der Waals surface area contributed by atoms with E-state index >= 15 is 0 Å². The van der Waals surface area contributed by atoms with Gasteiger partial charge in [-0.05, 0) is 36.8 Å². The fraction of sp³-hybridized carbons (Fsp3) is 0.100. The van der Waals surface area contributed by atoms with E-state index in [1.54, 1.807) is 13.0 Å². The Kier molecular flexibility index (Phi) is 3.13. The van der Waals surface area contributed by atoms with Crippen LogP contribution in [-0.2, 0) is 9.59 Å². The molecule has 0 bridgehead atoms. The Morgan fingerprint density at radius 1 is 1.04 bits per heavy atom. The molecule has 24 heavy (non-hydrogen) atoms. The van der Waals surface area contributed by atoms with Crippen molar-refractivity contribution in [2.24, 2.45) is 0 Å². The molecule has 1 fully saturated rings. The van der Waals surface area contributed by atoms with Crippen molar-refractivity contribution in [1.29, 1.82) is 0 Å². The third-order valence-corrected chi connectivity index (χ3v) is 4.33. The zero-order valence-electron chi connectivity index (χ0n) is 13.2. The second-order valence-corrected chi connectivity index (χ2v) is 5.74. The number of carbonyl (C=O) groups is 2. The maximum Gasteiger partial charge on any atom is 0.261 e. The molecule has 0 radical (unpaired) electrons. The van der Waals surface area contributed by atoms with Crippen LogP contribution in [0.3, 0.4) is 0 Å². The summed E-state index contributed by atoms with van der Waals surface area (Å²) in [6, 6.07) is 13.5. The van der Waals surface area contributed by atoms with Crippen LogP contribution in [0.5, 0.6) is 0 Å². The molecular formula is C20H15NO3. The molecular weight excluding hydrogens is 302 g/mol. The van der Waals surface area contributed by atoms with Crippen molar-refractivity contribution in [3.63, 3.8) is 0 Å². The fourth-order valence-corrected chi connectivity index (χ4v) is 3.08. The van der Waals surface area contributed by atoms with E-state index in [2.05, 4.69) is 6.58 Å². The largest absolute Gasteiger partial charge is 0.456 e. The van der Waals surface area contributed by atoms with Crippen LogP contribution in [0.25, 0.3) is 28.0 Å². The van der Waals surface area contributed by atoms with Crippen LogP contribution in [0.4, 0.5) is 0 Å². The van der Waals surface area contributed by atoms with Gasteiger partial charge in [0.25, 0.3) is 11.8 Å². The van der Waals surface area contributed by atoms with E-state index in [-0.39, 0.29) is 17.4 Å². The quantitative estimate of drug-likeness (QED) is 0.532. The van der Waals surface area contributed by atoms with E-state index in [1.807, 2.05) is 42.5 Å². The smallest absolute Gasteiger partial charge is 0.261 e. The number of nitrogens with zero attached hydrogens (tertiary/aromatic N) is 1. The van der Waals surface area contributed by atoms with Crippen molar-refractivity contribution in [3.05, 3.63) is 65.8 Å². The highest BCUT2D eigenvalue weighted by Gasteiger charge is 2.36. The van der Waals surface area contributed by atoms with Crippen LogP contribution in [-0.4, -0.2) is 23.3 Å². The van der Waals surface area contributed by atoms with Gasteiger partial charge in [-0.2, -0.15) is 0 Å². The second-order valence-electron chi connectivity index (χ2n) is 5.74. The van der Waals surface area contributed by atoms with Gasteiger partial charge in [0.2, 0.25) is 0 Å². The number of imide groups is 1. The molecule has 0 saturated carbocycles. The summed E-state index contributed by atoms with van der Waals surface area (Å²) < 4.78 is 5.80. The van der Waals surface area contributed by atoms with Crippen molar-refractivity contribution < 1.29 is 14.0 Å². The van der Waals surface area contributed by atoms with Gasteiger partial charge in [0.05, 0.1) is 5.57 Å². The predicted octanol–water partition coefficient (Wildman–Crippen LogP) is 3.91. The number of rotatable bonds is 2. The average Bonchev–Trinajstić information content (AvgIpc) is 3.05. The number of carbonyl (C=O) groups excluding carboxylic acids is 2. The van der Waals surface area contributed by atoms with Crippen LogP contribution in [0.2, 0.25) is 0 Å². The molecule has 1 aliphatic rings. The monoisotopic (exact) mass is 317 g/mol. The fourth-order valence-electron chi connectivity index (χ4n) is 3.08. The third-order valence-electron chi connectivity index (χ3n) is 4.33. The van der Waals surface area contributed by atoms with Crippen molar-refractivity contribution in [2.45, 2.75) is 6.92 Å². The molecule has 1 aromatic heterocycles. The SMILES string of the molecule is C=C1C(=O)N(CC)C(=O)/C1=C\c1ccc2oc3ccccc3c2c1. The average molecular weight is 317 g/mol. The molecule has 0 aliphatic carbocycles. The van der Waals surface area contributed by atoms with Crippen molar-refractivity contribution in [1.82, 2.24) is 4.90 Å². The highest BCUT2D eigenvalue weighted by molar-refractivity contribution is 6.26. The summed E-state index contributed by atoms with van der Waals surface area (Å²) in [4.78, 5) is 25.6. The highest BCUT2D eigenvalue weighted by atomic mass is 16.3. The summed E-state index contributed by atoms with van der Waals surface area (Å²) in [7, 11) is 0. The summed E-state index contributed by atoms with van der Waals surface area (Å²) >= 11 is 0. The third kappa shape index (κ3) is 2.00. The molecule has 3 aromatic rings. The van der Waals surface area contributed by atoms with Gasteiger partial charge in [-0.25, -0.2) is 0 Å². The number of amides is 2. The lowest BCUT2D eigenvalue weighted by atomic mass is 10.0. The first kappa shape index (κ1) is 14.5. The van der Waals surface area contributed by atoms with Crippen molar-refractivity contribution in [2.75, 3.05) is 6.54 Å². The lowest BCUT2D eigenvalue weighted by Gasteiger charge is -2.07. The van der Waals surface area contributed by atoms with E-state index in [0.717, 1.165) is 27.5 Å². The second kappa shape index (κ2) is 5.20. The maximum absolute atomic E-state index is 12.3. The molecule has 2 amide bonds. The van der Waals surface area contributed by atoms with E-state index in [4.69, 9.17) is 4.42 Å². The molecule has 2 heterocycles. The molecule has 4 heteroatoms. The van der Waals surface area contributed by atoms with Crippen LogP contribution in [0.15, 0.2) is 64.6 Å². The highest BCUT2D eigenvalue weighted by Crippen LogP contribution is 2.31. The first-order chi connectivity index (χ1) is 11.6. The number of benzene rings is 2. The van der Waals surface area contributed by atoms with Gasteiger partial charge < -0.3 is 4.42 Å². The zero-order valence-corrected chi connectivity index (χ0v) is 13.2. The molecule has 1 aliphatic heterocycles. The van der Waals surface area contributed by atoms with Crippen LogP contribution < -0.4 is 0 Å². The topological polar surface area (TPSA) is 50.5 Å². The van der Waals surface area contributed by atoms with E-state index in [9.17, 15) is 9.59 Å². The zero-order chi connectivity index (χ0) is 16.8. The first-order valence-corrected chi connectivity index (χ1v) is 7.78. The minimum atomic E-state index is -0.316. The Bertz CT molecular complexity index is 1060. The van der Waals surface area contributed by atoms with Crippen molar-refractivity contribution >= 4 is 39.8 Å². The summed E-state index contributed by atoms with van der Waals surface area (Å²) in [5, 5.41) is 2.00. The molecule has 118 valence electrons. The molecule has 0 spiro atoms. The maximum atomic E-state index is 12.3. The molecule has 0 unspecified atom stereocenters. The summed E-state index contributed by atoms with van der Waals surface area (Å²) in [6.45, 7) is 5.88. The Labute approximate surface area is 138 Å². The summed E-state index contributed by atoms with van der Waals surface area (Å²) in [5.41, 5.74) is 3.06. The molecule has 0 N–H and O–H groups in total. The molecule has 4 nitrogen and oxygen atoms in total. The molecule has 0 atom stereocenters. The standard InChI is InChI=1S/C20H15NO3/c1-3-21-19(22)12(2)15(20(21)23)10-13-8-9-18-16(11-13)14-6-4-5-7-17(14)24-18/h4-11H,2-3H2,1H3/b15-10-. The lowest BCUT2D eigenvalue weighted by molar-refractivity contribution is -0.136. The Morgan fingerprint density at radius 3 is 2.54 bits per heavy atom. The van der Waals surface area contributed by atoms with Gasteiger partial charge in [-0.1, -0.05) is 30.8 Å². The lowest BCUT2D eigenvalue weighted by Crippen LogP contribution is -2.28. The minimum absolute atomic E-state index is 0.249. The number of likely N-dealkylation sites (N-methyl/N-ethyl adjacent to an activating group) is 1. The minimum Gasteiger partial charge on any atom is -0.456 e. The molecule has 1 saturated heterocycles. The van der Waals surface area contributed by atoms with Gasteiger partial charge in [-0.3, -0.25) is 14.5 Å². The number of hydrogen-bond donors (Lipinski definition) is 0. The van der Waals surface area contributed by atoms with Crippen molar-refractivity contribution in [3.8, 4) is 0 Å². The summed E-state index contributed by atoms with van der Waals surface area (Å²) in [5.74, 6) is -0.603. The van der Waals surface area contributed by atoms with Gasteiger partial charge in [0, 0.05) is 22.9 Å². The summed E-state index contributed by atoms with van der Waals surface area (Å²) in [6.07, 6.45) is 1.72. The Morgan fingerprint density at radius 2 is 1.79 bits per heavy atom.